The summed E-state index contributed by atoms with van der Waals surface area (Å²) in [6.45, 7) is 6.54. The van der Waals surface area contributed by atoms with Crippen molar-refractivity contribution in [2.45, 2.75) is 13.8 Å². The van der Waals surface area contributed by atoms with Gasteiger partial charge in [0, 0.05) is 31.9 Å². The summed E-state index contributed by atoms with van der Waals surface area (Å²) in [4.78, 5) is 27.0. The molecule has 1 aliphatic rings. The standard InChI is InChI=1S/C15H20N2O3/c1-3-20-15(19)14(18)17-9-7-16(8-10-17)13-6-4-5-12(2)11-13/h4-6,11H,3,7-10H2,1-2H3. The van der Waals surface area contributed by atoms with Crippen LogP contribution < -0.4 is 4.90 Å². The van der Waals surface area contributed by atoms with Gasteiger partial charge in [0.1, 0.15) is 0 Å². The van der Waals surface area contributed by atoms with E-state index in [9.17, 15) is 9.59 Å². The molecule has 0 saturated carbocycles. The van der Waals surface area contributed by atoms with E-state index in [-0.39, 0.29) is 6.61 Å². The molecule has 0 bridgehead atoms. The highest BCUT2D eigenvalue weighted by Crippen LogP contribution is 2.17. The molecule has 1 aromatic carbocycles. The highest BCUT2D eigenvalue weighted by molar-refractivity contribution is 6.32. The van der Waals surface area contributed by atoms with Crippen molar-refractivity contribution in [3.05, 3.63) is 29.8 Å². The molecule has 0 atom stereocenters. The summed E-state index contributed by atoms with van der Waals surface area (Å²) in [5.74, 6) is -1.28. The van der Waals surface area contributed by atoms with Gasteiger partial charge in [-0.05, 0) is 31.5 Å². The third kappa shape index (κ3) is 3.29. The van der Waals surface area contributed by atoms with Gasteiger partial charge >= 0.3 is 11.9 Å². The fourth-order valence-corrected chi connectivity index (χ4v) is 2.31. The number of rotatable bonds is 2. The first-order valence-electron chi connectivity index (χ1n) is 6.89. The topological polar surface area (TPSA) is 49.9 Å². The molecule has 0 aromatic heterocycles. The second-order valence-corrected chi connectivity index (χ2v) is 4.84. The third-order valence-electron chi connectivity index (χ3n) is 3.38. The number of aryl methyl sites for hydroxylation is 1. The highest BCUT2D eigenvalue weighted by atomic mass is 16.5. The SMILES string of the molecule is CCOC(=O)C(=O)N1CCN(c2cccc(C)c2)CC1. The van der Waals surface area contributed by atoms with E-state index in [4.69, 9.17) is 4.74 Å². The second kappa shape index (κ2) is 6.41. The molecule has 20 heavy (non-hydrogen) atoms. The van der Waals surface area contributed by atoms with E-state index in [0.717, 1.165) is 18.8 Å². The van der Waals surface area contributed by atoms with Gasteiger partial charge in [-0.3, -0.25) is 4.79 Å². The Hall–Kier alpha value is -2.04. The lowest BCUT2D eigenvalue weighted by molar-refractivity contribution is -0.160. The van der Waals surface area contributed by atoms with Crippen LogP contribution in [0.3, 0.4) is 0 Å². The van der Waals surface area contributed by atoms with Crippen LogP contribution in [0.15, 0.2) is 24.3 Å². The maximum absolute atomic E-state index is 11.8. The van der Waals surface area contributed by atoms with Crippen LogP contribution in [0.1, 0.15) is 12.5 Å². The van der Waals surface area contributed by atoms with Crippen molar-refractivity contribution in [2.24, 2.45) is 0 Å². The zero-order chi connectivity index (χ0) is 14.5. The molecule has 5 nitrogen and oxygen atoms in total. The van der Waals surface area contributed by atoms with Crippen molar-refractivity contribution in [1.82, 2.24) is 4.90 Å². The molecule has 1 saturated heterocycles. The lowest BCUT2D eigenvalue weighted by Gasteiger charge is -2.35. The molecule has 1 aliphatic heterocycles. The Bertz CT molecular complexity index is 494. The number of benzene rings is 1. The Morgan fingerprint density at radius 3 is 2.50 bits per heavy atom. The Balaban J connectivity index is 1.92. The molecule has 0 spiro atoms. The lowest BCUT2D eigenvalue weighted by Crippen LogP contribution is -2.51. The molecule has 0 aliphatic carbocycles. The first-order valence-corrected chi connectivity index (χ1v) is 6.89. The van der Waals surface area contributed by atoms with E-state index in [1.54, 1.807) is 11.8 Å². The number of piperazine rings is 1. The van der Waals surface area contributed by atoms with Gasteiger partial charge in [-0.15, -0.1) is 0 Å². The van der Waals surface area contributed by atoms with E-state index < -0.39 is 11.9 Å². The van der Waals surface area contributed by atoms with E-state index in [0.29, 0.717) is 13.1 Å². The van der Waals surface area contributed by atoms with Crippen LogP contribution in [0, 0.1) is 6.92 Å². The Labute approximate surface area is 119 Å². The second-order valence-electron chi connectivity index (χ2n) is 4.84. The maximum Gasteiger partial charge on any atom is 0.397 e. The Morgan fingerprint density at radius 2 is 1.90 bits per heavy atom. The summed E-state index contributed by atoms with van der Waals surface area (Å²) in [6, 6.07) is 8.28. The number of amides is 1. The van der Waals surface area contributed by atoms with Gasteiger partial charge in [-0.1, -0.05) is 12.1 Å². The summed E-state index contributed by atoms with van der Waals surface area (Å²) < 4.78 is 4.74. The number of anilines is 1. The van der Waals surface area contributed by atoms with E-state index in [1.807, 2.05) is 6.07 Å². The zero-order valence-electron chi connectivity index (χ0n) is 12.0. The fourth-order valence-electron chi connectivity index (χ4n) is 2.31. The number of carbonyl (C=O) groups is 2. The number of hydrogen-bond donors (Lipinski definition) is 0. The van der Waals surface area contributed by atoms with Gasteiger partial charge in [0.15, 0.2) is 0 Å². The third-order valence-corrected chi connectivity index (χ3v) is 3.38. The van der Waals surface area contributed by atoms with Gasteiger partial charge in [-0.2, -0.15) is 0 Å². The van der Waals surface area contributed by atoms with Crippen molar-refractivity contribution in [2.75, 3.05) is 37.7 Å². The minimum Gasteiger partial charge on any atom is -0.459 e. The van der Waals surface area contributed by atoms with Crippen molar-refractivity contribution in [3.63, 3.8) is 0 Å². The number of hydrogen-bond acceptors (Lipinski definition) is 4. The van der Waals surface area contributed by atoms with Crippen molar-refractivity contribution < 1.29 is 14.3 Å². The van der Waals surface area contributed by atoms with E-state index in [2.05, 4.69) is 30.0 Å². The first kappa shape index (κ1) is 14.4. The molecule has 0 radical (unpaired) electrons. The molecule has 2 rings (SSSR count). The molecular formula is C15H20N2O3. The van der Waals surface area contributed by atoms with Crippen LogP contribution >= 0.6 is 0 Å². The van der Waals surface area contributed by atoms with Gasteiger partial charge in [0.2, 0.25) is 0 Å². The normalized spacial score (nSPS) is 15.1. The van der Waals surface area contributed by atoms with E-state index in [1.165, 1.54) is 5.56 Å². The van der Waals surface area contributed by atoms with Gasteiger partial charge in [0.25, 0.3) is 0 Å². The summed E-state index contributed by atoms with van der Waals surface area (Å²) in [5.41, 5.74) is 2.38. The van der Waals surface area contributed by atoms with Crippen LogP contribution in [-0.4, -0.2) is 49.6 Å². The van der Waals surface area contributed by atoms with Gasteiger partial charge < -0.3 is 14.5 Å². The van der Waals surface area contributed by atoms with Crippen molar-refractivity contribution >= 4 is 17.6 Å². The van der Waals surface area contributed by atoms with Crippen LogP contribution in [0.2, 0.25) is 0 Å². The summed E-state index contributed by atoms with van der Waals surface area (Å²) >= 11 is 0. The number of esters is 1. The molecule has 1 heterocycles. The molecule has 1 fully saturated rings. The monoisotopic (exact) mass is 276 g/mol. The predicted molar refractivity (Wildman–Crippen MR) is 76.6 cm³/mol. The highest BCUT2D eigenvalue weighted by Gasteiger charge is 2.26. The van der Waals surface area contributed by atoms with Crippen LogP contribution in [0.5, 0.6) is 0 Å². The molecule has 5 heteroatoms. The first-order chi connectivity index (χ1) is 9.61. The minimum absolute atomic E-state index is 0.230. The summed E-state index contributed by atoms with van der Waals surface area (Å²) in [5, 5.41) is 0. The summed E-state index contributed by atoms with van der Waals surface area (Å²) in [7, 11) is 0. The molecule has 0 N–H and O–H groups in total. The largest absolute Gasteiger partial charge is 0.459 e. The quantitative estimate of drug-likeness (QED) is 0.602. The van der Waals surface area contributed by atoms with Crippen LogP contribution in [0.25, 0.3) is 0 Å². The minimum atomic E-state index is -0.753. The maximum atomic E-state index is 11.8. The lowest BCUT2D eigenvalue weighted by atomic mass is 10.2. The van der Waals surface area contributed by atoms with Gasteiger partial charge in [-0.25, -0.2) is 4.79 Å². The molecular weight excluding hydrogens is 256 g/mol. The molecule has 1 amide bonds. The summed E-state index contributed by atoms with van der Waals surface area (Å²) in [6.07, 6.45) is 0. The number of ether oxygens (including phenoxy) is 1. The molecule has 108 valence electrons. The van der Waals surface area contributed by atoms with E-state index >= 15 is 0 Å². The van der Waals surface area contributed by atoms with Crippen LogP contribution in [0.4, 0.5) is 5.69 Å². The fraction of sp³-hybridized carbons (Fsp3) is 0.467. The predicted octanol–water partition coefficient (Wildman–Crippen LogP) is 1.21. The Kier molecular flexibility index (Phi) is 4.61. The number of nitrogens with zero attached hydrogens (tertiary/aromatic N) is 2. The van der Waals surface area contributed by atoms with Crippen molar-refractivity contribution in [3.8, 4) is 0 Å². The smallest absolute Gasteiger partial charge is 0.397 e. The van der Waals surface area contributed by atoms with Gasteiger partial charge in [0.05, 0.1) is 6.61 Å². The molecule has 1 aromatic rings. The Morgan fingerprint density at radius 1 is 1.20 bits per heavy atom. The average molecular weight is 276 g/mol. The zero-order valence-corrected chi connectivity index (χ0v) is 12.0. The van der Waals surface area contributed by atoms with Crippen molar-refractivity contribution in [1.29, 1.82) is 0 Å². The number of carbonyl (C=O) groups excluding carboxylic acids is 2. The average Bonchev–Trinajstić information content (AvgIpc) is 2.47. The molecule has 0 unspecified atom stereocenters. The van der Waals surface area contributed by atoms with Crippen LogP contribution in [-0.2, 0) is 14.3 Å².